The molecule has 0 spiro atoms. The number of nitrogens with one attached hydrogen (secondary N) is 1. The summed E-state index contributed by atoms with van der Waals surface area (Å²) in [6, 6.07) is 5.34. The highest BCUT2D eigenvalue weighted by atomic mass is 35.5. The lowest BCUT2D eigenvalue weighted by atomic mass is 9.88. The van der Waals surface area contributed by atoms with Crippen LogP contribution in [0.25, 0.3) is 0 Å². The quantitative estimate of drug-likeness (QED) is 0.798. The number of halogens is 4. The first-order chi connectivity index (χ1) is 11.2. The van der Waals surface area contributed by atoms with Crippen LogP contribution in [0.5, 0.6) is 0 Å². The second-order valence-corrected chi connectivity index (χ2v) is 6.87. The maximum Gasteiger partial charge on any atom is 0.416 e. The summed E-state index contributed by atoms with van der Waals surface area (Å²) in [6.45, 7) is 3.61. The number of amides is 1. The molecular formula is C18H26ClF3N2O. The van der Waals surface area contributed by atoms with Gasteiger partial charge in [0.05, 0.1) is 11.1 Å². The molecule has 1 aliphatic rings. The third-order valence-corrected chi connectivity index (χ3v) is 4.79. The third-order valence-electron chi connectivity index (χ3n) is 4.79. The minimum atomic E-state index is -4.39. The lowest BCUT2D eigenvalue weighted by Crippen LogP contribution is -2.54. The van der Waals surface area contributed by atoms with E-state index in [0.29, 0.717) is 19.3 Å². The molecule has 3 atom stereocenters. The Morgan fingerprint density at radius 2 is 1.92 bits per heavy atom. The normalized spacial score (nSPS) is 22.8. The van der Waals surface area contributed by atoms with E-state index in [-0.39, 0.29) is 35.8 Å². The van der Waals surface area contributed by atoms with Gasteiger partial charge in [0.25, 0.3) is 0 Å². The molecule has 0 bridgehead atoms. The fourth-order valence-electron chi connectivity index (χ4n) is 3.55. The molecule has 1 aromatic rings. The average Bonchev–Trinajstić information content (AvgIpc) is 2.94. The number of hydrogen-bond acceptors (Lipinski definition) is 2. The molecule has 1 saturated carbocycles. The van der Waals surface area contributed by atoms with E-state index in [1.807, 2.05) is 6.92 Å². The van der Waals surface area contributed by atoms with E-state index >= 15 is 0 Å². The largest absolute Gasteiger partial charge is 0.416 e. The topological polar surface area (TPSA) is 55.1 Å². The first-order valence-corrected chi connectivity index (χ1v) is 8.42. The van der Waals surface area contributed by atoms with Crippen molar-refractivity contribution in [3.8, 4) is 0 Å². The third kappa shape index (κ3) is 5.11. The zero-order valence-corrected chi connectivity index (χ0v) is 15.3. The summed E-state index contributed by atoms with van der Waals surface area (Å²) in [4.78, 5) is 12.4. The number of hydrogen-bond donors (Lipinski definition) is 2. The molecule has 0 saturated heterocycles. The van der Waals surface area contributed by atoms with Gasteiger partial charge < -0.3 is 11.1 Å². The van der Waals surface area contributed by atoms with E-state index in [2.05, 4.69) is 5.32 Å². The Kier molecular flexibility index (Phi) is 7.32. The minimum Gasteiger partial charge on any atom is -0.351 e. The Labute approximate surface area is 153 Å². The van der Waals surface area contributed by atoms with Gasteiger partial charge in [-0.15, -0.1) is 12.4 Å². The minimum absolute atomic E-state index is 0. The number of rotatable bonds is 5. The second kappa shape index (κ2) is 8.41. The van der Waals surface area contributed by atoms with E-state index < -0.39 is 17.3 Å². The summed E-state index contributed by atoms with van der Waals surface area (Å²) < 4.78 is 39.8. The van der Waals surface area contributed by atoms with E-state index in [0.717, 1.165) is 18.9 Å². The van der Waals surface area contributed by atoms with Crippen LogP contribution in [0, 0.1) is 0 Å². The van der Waals surface area contributed by atoms with Crippen molar-refractivity contribution in [2.24, 2.45) is 5.73 Å². The van der Waals surface area contributed by atoms with Crippen LogP contribution in [-0.2, 0) is 11.0 Å². The van der Waals surface area contributed by atoms with Crippen molar-refractivity contribution < 1.29 is 18.0 Å². The predicted octanol–water partition coefficient (Wildman–Crippen LogP) is 4.40. The zero-order chi connectivity index (χ0) is 18.0. The monoisotopic (exact) mass is 378 g/mol. The van der Waals surface area contributed by atoms with Crippen molar-refractivity contribution in [3.05, 3.63) is 35.4 Å². The second-order valence-electron chi connectivity index (χ2n) is 6.87. The van der Waals surface area contributed by atoms with Gasteiger partial charge in [0, 0.05) is 12.0 Å². The van der Waals surface area contributed by atoms with Gasteiger partial charge >= 0.3 is 6.18 Å². The molecule has 0 aromatic heterocycles. The molecule has 0 heterocycles. The van der Waals surface area contributed by atoms with Crippen LogP contribution in [0.3, 0.4) is 0 Å². The highest BCUT2D eigenvalue weighted by molar-refractivity contribution is 5.86. The van der Waals surface area contributed by atoms with Gasteiger partial charge in [0.1, 0.15) is 0 Å². The standard InChI is InChI=1S/C18H25F3N2O.ClH/c1-3-11-17(2,22)16(24)23-15-10-6-8-13(15)12-7-4-5-9-14(12)18(19,20)21;/h4-5,7,9,13,15H,3,6,8,10-11,22H2,1-2H3,(H,23,24);1H. The van der Waals surface area contributed by atoms with Crippen molar-refractivity contribution in [2.75, 3.05) is 0 Å². The van der Waals surface area contributed by atoms with E-state index in [4.69, 9.17) is 5.73 Å². The molecular weight excluding hydrogens is 353 g/mol. The van der Waals surface area contributed by atoms with Crippen molar-refractivity contribution in [3.63, 3.8) is 0 Å². The number of benzene rings is 1. The number of carbonyl (C=O) groups excluding carboxylic acids is 1. The Hall–Kier alpha value is -1.27. The molecule has 25 heavy (non-hydrogen) atoms. The molecule has 3 N–H and O–H groups in total. The van der Waals surface area contributed by atoms with Crippen LogP contribution < -0.4 is 11.1 Å². The van der Waals surface area contributed by atoms with Crippen LogP contribution >= 0.6 is 12.4 Å². The maximum absolute atomic E-state index is 13.3. The Morgan fingerprint density at radius 1 is 1.28 bits per heavy atom. The smallest absolute Gasteiger partial charge is 0.351 e. The summed E-state index contributed by atoms with van der Waals surface area (Å²) >= 11 is 0. The molecule has 1 fully saturated rings. The first-order valence-electron chi connectivity index (χ1n) is 8.42. The highest BCUT2D eigenvalue weighted by Crippen LogP contribution is 2.41. The lowest BCUT2D eigenvalue weighted by Gasteiger charge is -2.29. The summed E-state index contributed by atoms with van der Waals surface area (Å²) in [5.74, 6) is -0.616. The van der Waals surface area contributed by atoms with Gasteiger partial charge in [-0.25, -0.2) is 0 Å². The summed E-state index contributed by atoms with van der Waals surface area (Å²) in [7, 11) is 0. The highest BCUT2D eigenvalue weighted by Gasteiger charge is 2.40. The van der Waals surface area contributed by atoms with Gasteiger partial charge in [-0.3, -0.25) is 4.79 Å². The maximum atomic E-state index is 13.3. The van der Waals surface area contributed by atoms with Crippen LogP contribution in [0.15, 0.2) is 24.3 Å². The van der Waals surface area contributed by atoms with Crippen molar-refractivity contribution in [1.29, 1.82) is 0 Å². The zero-order valence-electron chi connectivity index (χ0n) is 14.5. The first kappa shape index (κ1) is 21.8. The van der Waals surface area contributed by atoms with Crippen molar-refractivity contribution in [1.82, 2.24) is 5.32 Å². The van der Waals surface area contributed by atoms with Gasteiger partial charge in [-0.1, -0.05) is 38.0 Å². The summed E-state index contributed by atoms with van der Waals surface area (Å²) in [6.07, 6.45) is -0.992. The fourth-order valence-corrected chi connectivity index (χ4v) is 3.55. The Morgan fingerprint density at radius 3 is 2.52 bits per heavy atom. The fraction of sp³-hybridized carbons (Fsp3) is 0.611. The molecule has 142 valence electrons. The van der Waals surface area contributed by atoms with Crippen LogP contribution in [-0.4, -0.2) is 17.5 Å². The molecule has 3 unspecified atom stereocenters. The molecule has 1 aromatic carbocycles. The van der Waals surface area contributed by atoms with E-state index in [1.165, 1.54) is 12.1 Å². The van der Waals surface area contributed by atoms with E-state index in [9.17, 15) is 18.0 Å². The van der Waals surface area contributed by atoms with Gasteiger partial charge in [-0.2, -0.15) is 13.2 Å². The SMILES string of the molecule is CCCC(C)(N)C(=O)NC1CCCC1c1ccccc1C(F)(F)F.Cl. The van der Waals surface area contributed by atoms with Gasteiger partial charge in [0.2, 0.25) is 5.91 Å². The number of carbonyl (C=O) groups is 1. The molecule has 3 nitrogen and oxygen atoms in total. The molecule has 2 rings (SSSR count). The van der Waals surface area contributed by atoms with Crippen LogP contribution in [0.1, 0.15) is 63.0 Å². The van der Waals surface area contributed by atoms with Crippen LogP contribution in [0.2, 0.25) is 0 Å². The average molecular weight is 379 g/mol. The summed E-state index contributed by atoms with van der Waals surface area (Å²) in [5, 5.41) is 2.90. The number of nitrogens with two attached hydrogens (primary N) is 1. The molecule has 1 amide bonds. The van der Waals surface area contributed by atoms with Crippen molar-refractivity contribution in [2.45, 2.75) is 69.6 Å². The Balaban J connectivity index is 0.00000312. The molecule has 0 aliphatic heterocycles. The van der Waals surface area contributed by atoms with Gasteiger partial charge in [0.15, 0.2) is 0 Å². The van der Waals surface area contributed by atoms with E-state index in [1.54, 1.807) is 13.0 Å². The van der Waals surface area contributed by atoms with Gasteiger partial charge in [-0.05, 0) is 37.8 Å². The predicted molar refractivity (Wildman–Crippen MR) is 94.7 cm³/mol. The number of alkyl halides is 3. The Bertz CT molecular complexity index is 590. The van der Waals surface area contributed by atoms with Crippen molar-refractivity contribution >= 4 is 18.3 Å². The lowest BCUT2D eigenvalue weighted by molar-refractivity contribution is -0.138. The van der Waals surface area contributed by atoms with Crippen LogP contribution in [0.4, 0.5) is 13.2 Å². The molecule has 7 heteroatoms. The molecule has 0 radical (unpaired) electrons. The summed E-state index contributed by atoms with van der Waals surface area (Å²) in [5.41, 5.74) is 4.70. The molecule has 1 aliphatic carbocycles.